The summed E-state index contributed by atoms with van der Waals surface area (Å²) in [5, 5.41) is 2.90. The quantitative estimate of drug-likeness (QED) is 0.801. The Morgan fingerprint density at radius 2 is 1.90 bits per heavy atom. The zero-order chi connectivity index (χ0) is 15.1. The Morgan fingerprint density at radius 1 is 1.14 bits per heavy atom. The fourth-order valence-corrected chi connectivity index (χ4v) is 2.04. The lowest BCUT2D eigenvalue weighted by Gasteiger charge is -2.07. The van der Waals surface area contributed by atoms with Crippen LogP contribution in [0.5, 0.6) is 5.75 Å². The molecule has 0 unspecified atom stereocenters. The monoisotopic (exact) mass is 284 g/mol. The third-order valence-electron chi connectivity index (χ3n) is 3.24. The zero-order valence-electron chi connectivity index (χ0n) is 12.1. The molecule has 2 aromatic carbocycles. The first-order chi connectivity index (χ1) is 10.2. The van der Waals surface area contributed by atoms with Gasteiger partial charge in [-0.3, -0.25) is 4.79 Å². The lowest BCUT2D eigenvalue weighted by Crippen LogP contribution is -2.23. The van der Waals surface area contributed by atoms with E-state index in [1.54, 1.807) is 7.11 Å². The van der Waals surface area contributed by atoms with Crippen molar-refractivity contribution in [3.63, 3.8) is 0 Å². The normalized spacial score (nSPS) is 10.1. The van der Waals surface area contributed by atoms with E-state index in [1.807, 2.05) is 48.5 Å². The molecule has 0 bridgehead atoms. The second-order valence-electron chi connectivity index (χ2n) is 4.87. The molecule has 0 fully saturated rings. The van der Waals surface area contributed by atoms with Crippen LogP contribution in [0.4, 0.5) is 5.69 Å². The number of ether oxygens (including phenoxy) is 1. The van der Waals surface area contributed by atoms with Crippen molar-refractivity contribution in [3.05, 3.63) is 59.7 Å². The topological polar surface area (TPSA) is 64.3 Å². The average molecular weight is 284 g/mol. The number of rotatable bonds is 6. The van der Waals surface area contributed by atoms with Crippen LogP contribution in [0.15, 0.2) is 48.5 Å². The summed E-state index contributed by atoms with van der Waals surface area (Å²) in [5.74, 6) is 0.859. The molecule has 2 aromatic rings. The molecule has 0 heterocycles. The third-order valence-corrected chi connectivity index (χ3v) is 3.24. The summed E-state index contributed by atoms with van der Waals surface area (Å²) in [7, 11) is 1.64. The predicted molar refractivity (Wildman–Crippen MR) is 84.0 cm³/mol. The summed E-state index contributed by atoms with van der Waals surface area (Å²) >= 11 is 0. The van der Waals surface area contributed by atoms with Gasteiger partial charge < -0.3 is 15.8 Å². The van der Waals surface area contributed by atoms with Crippen molar-refractivity contribution in [2.75, 3.05) is 12.8 Å². The van der Waals surface area contributed by atoms with Gasteiger partial charge in [-0.25, -0.2) is 0 Å². The number of nitrogen functional groups attached to an aromatic ring is 1. The summed E-state index contributed by atoms with van der Waals surface area (Å²) in [6.07, 6.45) is 1.18. The van der Waals surface area contributed by atoms with E-state index in [0.717, 1.165) is 16.9 Å². The Kier molecular flexibility index (Phi) is 5.21. The van der Waals surface area contributed by atoms with Crippen LogP contribution in [0.1, 0.15) is 17.5 Å². The summed E-state index contributed by atoms with van der Waals surface area (Å²) in [6, 6.07) is 15.3. The first-order valence-electron chi connectivity index (χ1n) is 6.91. The lowest BCUT2D eigenvalue weighted by atomic mass is 10.1. The largest absolute Gasteiger partial charge is 0.497 e. The van der Waals surface area contributed by atoms with Crippen molar-refractivity contribution in [1.82, 2.24) is 5.32 Å². The maximum absolute atomic E-state index is 11.8. The number of amides is 1. The number of hydrogen-bond donors (Lipinski definition) is 2. The average Bonchev–Trinajstić information content (AvgIpc) is 2.51. The van der Waals surface area contributed by atoms with Crippen LogP contribution in [0.2, 0.25) is 0 Å². The highest BCUT2D eigenvalue weighted by Gasteiger charge is 2.03. The van der Waals surface area contributed by atoms with Gasteiger partial charge in [0, 0.05) is 18.7 Å². The number of nitrogens with two attached hydrogens (primary N) is 1. The molecule has 2 rings (SSSR count). The second kappa shape index (κ2) is 7.33. The zero-order valence-corrected chi connectivity index (χ0v) is 12.1. The Hall–Kier alpha value is -2.49. The molecule has 1 amide bonds. The molecule has 3 N–H and O–H groups in total. The third kappa shape index (κ3) is 4.84. The molecule has 4 heteroatoms. The smallest absolute Gasteiger partial charge is 0.220 e. The molecule has 21 heavy (non-hydrogen) atoms. The number of aryl methyl sites for hydroxylation is 1. The summed E-state index contributed by atoms with van der Waals surface area (Å²) in [6.45, 7) is 0.506. The van der Waals surface area contributed by atoms with Gasteiger partial charge in [-0.05, 0) is 41.8 Å². The first-order valence-corrected chi connectivity index (χ1v) is 6.91. The molecule has 0 spiro atoms. The molecule has 0 saturated heterocycles. The standard InChI is InChI=1S/C17H20N2O2/c1-21-16-8-5-13(6-9-16)7-10-17(20)19-12-14-3-2-4-15(18)11-14/h2-6,8-9,11H,7,10,12,18H2,1H3,(H,19,20). The van der Waals surface area contributed by atoms with Crippen molar-refractivity contribution in [2.24, 2.45) is 0 Å². The van der Waals surface area contributed by atoms with E-state index in [4.69, 9.17) is 10.5 Å². The van der Waals surface area contributed by atoms with Crippen molar-refractivity contribution < 1.29 is 9.53 Å². The van der Waals surface area contributed by atoms with Crippen LogP contribution in [0.25, 0.3) is 0 Å². The van der Waals surface area contributed by atoms with Crippen molar-refractivity contribution in [3.8, 4) is 5.75 Å². The molecule has 0 aliphatic heterocycles. The molecule has 0 radical (unpaired) electrons. The minimum Gasteiger partial charge on any atom is -0.497 e. The van der Waals surface area contributed by atoms with Crippen molar-refractivity contribution in [2.45, 2.75) is 19.4 Å². The molecule has 4 nitrogen and oxygen atoms in total. The fraction of sp³-hybridized carbons (Fsp3) is 0.235. The summed E-state index contributed by atoms with van der Waals surface area (Å²) < 4.78 is 5.10. The van der Waals surface area contributed by atoms with E-state index in [1.165, 1.54) is 0 Å². The van der Waals surface area contributed by atoms with Crippen LogP contribution in [-0.4, -0.2) is 13.0 Å². The number of nitrogens with one attached hydrogen (secondary N) is 1. The van der Waals surface area contributed by atoms with Gasteiger partial charge in [0.1, 0.15) is 5.75 Å². The number of carbonyl (C=O) groups excluding carboxylic acids is 1. The fourth-order valence-electron chi connectivity index (χ4n) is 2.04. The highest BCUT2D eigenvalue weighted by Crippen LogP contribution is 2.12. The van der Waals surface area contributed by atoms with Gasteiger partial charge in [-0.1, -0.05) is 24.3 Å². The highest BCUT2D eigenvalue weighted by atomic mass is 16.5. The molecule has 110 valence electrons. The van der Waals surface area contributed by atoms with Crippen LogP contribution in [0, 0.1) is 0 Å². The predicted octanol–water partition coefficient (Wildman–Crippen LogP) is 2.53. The second-order valence-corrected chi connectivity index (χ2v) is 4.87. The van der Waals surface area contributed by atoms with Crippen LogP contribution >= 0.6 is 0 Å². The minimum absolute atomic E-state index is 0.0354. The maximum Gasteiger partial charge on any atom is 0.220 e. The van der Waals surface area contributed by atoms with E-state index in [2.05, 4.69) is 5.32 Å². The lowest BCUT2D eigenvalue weighted by molar-refractivity contribution is -0.121. The molecule has 0 aliphatic rings. The van der Waals surface area contributed by atoms with E-state index >= 15 is 0 Å². The van der Waals surface area contributed by atoms with Gasteiger partial charge in [0.15, 0.2) is 0 Å². The Balaban J connectivity index is 1.76. The number of methoxy groups -OCH3 is 1. The number of benzene rings is 2. The van der Waals surface area contributed by atoms with E-state index < -0.39 is 0 Å². The van der Waals surface area contributed by atoms with E-state index in [9.17, 15) is 4.79 Å². The number of anilines is 1. The Morgan fingerprint density at radius 3 is 2.57 bits per heavy atom. The van der Waals surface area contributed by atoms with Crippen molar-refractivity contribution >= 4 is 11.6 Å². The Bertz CT molecular complexity index is 594. The summed E-state index contributed by atoms with van der Waals surface area (Å²) in [4.78, 5) is 11.8. The number of hydrogen-bond acceptors (Lipinski definition) is 3. The first kappa shape index (κ1) is 14.9. The number of carbonyl (C=O) groups is 1. The van der Waals surface area contributed by atoms with Gasteiger partial charge in [0.05, 0.1) is 7.11 Å². The molecular formula is C17H20N2O2. The van der Waals surface area contributed by atoms with Crippen LogP contribution in [-0.2, 0) is 17.8 Å². The SMILES string of the molecule is COc1ccc(CCC(=O)NCc2cccc(N)c2)cc1. The molecule has 0 atom stereocenters. The molecular weight excluding hydrogens is 264 g/mol. The van der Waals surface area contributed by atoms with Gasteiger partial charge in [0.25, 0.3) is 0 Å². The molecule has 0 saturated carbocycles. The highest BCUT2D eigenvalue weighted by molar-refractivity contribution is 5.76. The van der Waals surface area contributed by atoms with Gasteiger partial charge in [0.2, 0.25) is 5.91 Å². The van der Waals surface area contributed by atoms with Gasteiger partial charge in [-0.15, -0.1) is 0 Å². The van der Waals surface area contributed by atoms with E-state index in [0.29, 0.717) is 25.1 Å². The molecule has 0 aliphatic carbocycles. The van der Waals surface area contributed by atoms with E-state index in [-0.39, 0.29) is 5.91 Å². The van der Waals surface area contributed by atoms with Crippen LogP contribution < -0.4 is 15.8 Å². The van der Waals surface area contributed by atoms with Crippen LogP contribution in [0.3, 0.4) is 0 Å². The summed E-state index contributed by atoms with van der Waals surface area (Å²) in [5.41, 5.74) is 8.54. The van der Waals surface area contributed by atoms with Crippen molar-refractivity contribution in [1.29, 1.82) is 0 Å². The van der Waals surface area contributed by atoms with Gasteiger partial charge >= 0.3 is 0 Å². The maximum atomic E-state index is 11.8. The van der Waals surface area contributed by atoms with Gasteiger partial charge in [-0.2, -0.15) is 0 Å². The minimum atomic E-state index is 0.0354. The Labute approximate surface area is 124 Å². The molecule has 0 aromatic heterocycles.